The van der Waals surface area contributed by atoms with Crippen LogP contribution in [0, 0.1) is 5.82 Å². The number of rotatable bonds is 5. The molecule has 1 unspecified atom stereocenters. The van der Waals surface area contributed by atoms with Crippen LogP contribution in [0.2, 0.25) is 0 Å². The summed E-state index contributed by atoms with van der Waals surface area (Å²) in [5.74, 6) is 1.10. The molecule has 3 nitrogen and oxygen atoms in total. The fourth-order valence-electron chi connectivity index (χ4n) is 2.62. The fraction of sp³-hybridized carbons (Fsp3) is 0.533. The number of aromatic nitrogens is 2. The highest BCUT2D eigenvalue weighted by Crippen LogP contribution is 2.40. The van der Waals surface area contributed by atoms with Crippen molar-refractivity contribution in [1.29, 1.82) is 0 Å². The number of benzene rings is 1. The van der Waals surface area contributed by atoms with E-state index in [1.165, 1.54) is 18.9 Å². The Bertz CT molecular complexity index is 586. The van der Waals surface area contributed by atoms with Gasteiger partial charge in [-0.15, -0.1) is 0 Å². The van der Waals surface area contributed by atoms with Crippen LogP contribution in [-0.4, -0.2) is 22.6 Å². The Morgan fingerprint density at radius 2 is 2.26 bits per heavy atom. The first-order chi connectivity index (χ1) is 9.22. The van der Waals surface area contributed by atoms with Crippen LogP contribution >= 0.6 is 0 Å². The smallest absolute Gasteiger partial charge is 0.151 e. The van der Waals surface area contributed by atoms with Gasteiger partial charge in [0.05, 0.1) is 5.52 Å². The highest BCUT2D eigenvalue weighted by atomic mass is 19.1. The van der Waals surface area contributed by atoms with Gasteiger partial charge in [0.25, 0.3) is 0 Å². The van der Waals surface area contributed by atoms with Crippen molar-refractivity contribution in [2.75, 3.05) is 13.1 Å². The maximum absolute atomic E-state index is 13.9. The number of hydrogen-bond donors (Lipinski definition) is 1. The molecule has 0 bridgehead atoms. The molecule has 1 aromatic carbocycles. The summed E-state index contributed by atoms with van der Waals surface area (Å²) in [5.41, 5.74) is 1.47. The van der Waals surface area contributed by atoms with Crippen molar-refractivity contribution < 1.29 is 4.39 Å². The number of likely N-dealkylation sites (N-methyl/N-ethyl adjacent to an activating group) is 1. The average molecular weight is 261 g/mol. The maximum atomic E-state index is 13.9. The first kappa shape index (κ1) is 12.6. The molecule has 1 N–H and O–H groups in total. The second-order valence-corrected chi connectivity index (χ2v) is 5.39. The van der Waals surface area contributed by atoms with Crippen LogP contribution < -0.4 is 5.32 Å². The van der Waals surface area contributed by atoms with Gasteiger partial charge in [-0.2, -0.15) is 0 Å². The van der Waals surface area contributed by atoms with Gasteiger partial charge in [0, 0.05) is 18.5 Å². The molecule has 2 aromatic rings. The highest BCUT2D eigenvalue weighted by Gasteiger charge is 2.30. The third kappa shape index (κ3) is 2.25. The third-order valence-corrected chi connectivity index (χ3v) is 3.75. The predicted octanol–water partition coefficient (Wildman–Crippen LogP) is 3.22. The molecular formula is C15H20FN3. The Balaban J connectivity index is 2.07. The summed E-state index contributed by atoms with van der Waals surface area (Å²) in [6, 6.07) is 5.76. The van der Waals surface area contributed by atoms with Gasteiger partial charge in [-0.05, 0) is 31.5 Å². The zero-order valence-corrected chi connectivity index (χ0v) is 11.5. The first-order valence-corrected chi connectivity index (χ1v) is 7.09. The lowest BCUT2D eigenvalue weighted by molar-refractivity contribution is 0.572. The molecule has 102 valence electrons. The van der Waals surface area contributed by atoms with E-state index in [1.54, 1.807) is 6.07 Å². The SMILES string of the molecule is CCNCC(C)c1nc2c(F)cccc2n1C1CC1. The van der Waals surface area contributed by atoms with Crippen molar-refractivity contribution in [3.8, 4) is 0 Å². The van der Waals surface area contributed by atoms with E-state index < -0.39 is 0 Å². The highest BCUT2D eigenvalue weighted by molar-refractivity contribution is 5.77. The lowest BCUT2D eigenvalue weighted by atomic mass is 10.1. The summed E-state index contributed by atoms with van der Waals surface area (Å²) in [6.45, 7) is 6.08. The molecule has 1 aliphatic carbocycles. The predicted molar refractivity (Wildman–Crippen MR) is 74.9 cm³/mol. The molecular weight excluding hydrogens is 241 g/mol. The van der Waals surface area contributed by atoms with Crippen LogP contribution in [0.5, 0.6) is 0 Å². The maximum Gasteiger partial charge on any atom is 0.151 e. The normalized spacial score (nSPS) is 17.0. The van der Waals surface area contributed by atoms with Crippen molar-refractivity contribution in [3.63, 3.8) is 0 Å². The molecule has 3 rings (SSSR count). The molecule has 19 heavy (non-hydrogen) atoms. The number of imidazole rings is 1. The lowest BCUT2D eigenvalue weighted by Crippen LogP contribution is -2.21. The first-order valence-electron chi connectivity index (χ1n) is 7.09. The summed E-state index contributed by atoms with van der Waals surface area (Å²) in [6.07, 6.45) is 2.37. The van der Waals surface area contributed by atoms with Crippen molar-refractivity contribution >= 4 is 11.0 Å². The van der Waals surface area contributed by atoms with E-state index in [0.717, 1.165) is 24.4 Å². The van der Waals surface area contributed by atoms with Gasteiger partial charge in [-0.1, -0.05) is 19.9 Å². The number of para-hydroxylation sites is 1. The second kappa shape index (κ2) is 4.93. The minimum Gasteiger partial charge on any atom is -0.325 e. The van der Waals surface area contributed by atoms with Crippen LogP contribution in [0.15, 0.2) is 18.2 Å². The Hall–Kier alpha value is -1.42. The standard InChI is InChI=1S/C15H20FN3/c1-3-17-9-10(2)15-18-14-12(16)5-4-6-13(14)19(15)11-7-8-11/h4-6,10-11,17H,3,7-9H2,1-2H3. The molecule has 1 aliphatic rings. The fourth-order valence-corrected chi connectivity index (χ4v) is 2.62. The minimum atomic E-state index is -0.214. The van der Waals surface area contributed by atoms with Crippen LogP contribution in [0.25, 0.3) is 11.0 Å². The summed E-state index contributed by atoms with van der Waals surface area (Å²) in [4.78, 5) is 4.57. The van der Waals surface area contributed by atoms with Crippen molar-refractivity contribution in [2.24, 2.45) is 0 Å². The summed E-state index contributed by atoms with van der Waals surface area (Å²) >= 11 is 0. The molecule has 0 spiro atoms. The van der Waals surface area contributed by atoms with Gasteiger partial charge in [0.1, 0.15) is 11.3 Å². The molecule has 0 amide bonds. The van der Waals surface area contributed by atoms with E-state index >= 15 is 0 Å². The van der Waals surface area contributed by atoms with Crippen molar-refractivity contribution in [2.45, 2.75) is 38.6 Å². The van der Waals surface area contributed by atoms with Crippen LogP contribution in [0.1, 0.15) is 44.5 Å². The number of halogens is 1. The molecule has 0 aliphatic heterocycles. The molecule has 1 saturated carbocycles. The quantitative estimate of drug-likeness (QED) is 0.895. The molecule has 1 fully saturated rings. The Labute approximate surface area is 112 Å². The number of fused-ring (bicyclic) bond motifs is 1. The van der Waals surface area contributed by atoms with E-state index in [4.69, 9.17) is 0 Å². The van der Waals surface area contributed by atoms with Gasteiger partial charge in [-0.3, -0.25) is 0 Å². The van der Waals surface area contributed by atoms with Crippen LogP contribution in [0.3, 0.4) is 0 Å². The molecule has 0 saturated heterocycles. The van der Waals surface area contributed by atoms with E-state index in [1.807, 2.05) is 6.07 Å². The van der Waals surface area contributed by atoms with Crippen molar-refractivity contribution in [1.82, 2.24) is 14.9 Å². The third-order valence-electron chi connectivity index (χ3n) is 3.75. The molecule has 1 aromatic heterocycles. The monoisotopic (exact) mass is 261 g/mol. The van der Waals surface area contributed by atoms with Crippen molar-refractivity contribution in [3.05, 3.63) is 29.8 Å². The molecule has 4 heteroatoms. The van der Waals surface area contributed by atoms with Gasteiger partial charge in [-0.25, -0.2) is 9.37 Å². The Morgan fingerprint density at radius 1 is 1.47 bits per heavy atom. The lowest BCUT2D eigenvalue weighted by Gasteiger charge is -2.14. The van der Waals surface area contributed by atoms with Crippen LogP contribution in [-0.2, 0) is 0 Å². The number of hydrogen-bond acceptors (Lipinski definition) is 2. The summed E-state index contributed by atoms with van der Waals surface area (Å²) in [5, 5.41) is 3.34. The van der Waals surface area contributed by atoms with E-state index in [0.29, 0.717) is 17.5 Å². The number of nitrogens with one attached hydrogen (secondary N) is 1. The Kier molecular flexibility index (Phi) is 3.27. The van der Waals surface area contributed by atoms with E-state index in [2.05, 4.69) is 28.7 Å². The summed E-state index contributed by atoms with van der Waals surface area (Å²) in [7, 11) is 0. The zero-order chi connectivity index (χ0) is 13.4. The molecule has 1 atom stereocenters. The summed E-state index contributed by atoms with van der Waals surface area (Å²) < 4.78 is 16.1. The van der Waals surface area contributed by atoms with Crippen LogP contribution in [0.4, 0.5) is 4.39 Å². The second-order valence-electron chi connectivity index (χ2n) is 5.39. The van der Waals surface area contributed by atoms with Gasteiger partial charge in [0.15, 0.2) is 5.82 Å². The molecule has 1 heterocycles. The van der Waals surface area contributed by atoms with Gasteiger partial charge in [0.2, 0.25) is 0 Å². The van der Waals surface area contributed by atoms with E-state index in [9.17, 15) is 4.39 Å². The largest absolute Gasteiger partial charge is 0.325 e. The zero-order valence-electron chi connectivity index (χ0n) is 11.5. The molecule has 0 radical (unpaired) electrons. The minimum absolute atomic E-state index is 0.214. The van der Waals surface area contributed by atoms with Gasteiger partial charge < -0.3 is 9.88 Å². The van der Waals surface area contributed by atoms with Gasteiger partial charge >= 0.3 is 0 Å². The number of nitrogens with zero attached hydrogens (tertiary/aromatic N) is 2. The van der Waals surface area contributed by atoms with E-state index in [-0.39, 0.29) is 5.82 Å². The average Bonchev–Trinajstić information content (AvgIpc) is 3.16. The topological polar surface area (TPSA) is 29.9 Å². The Morgan fingerprint density at radius 3 is 2.95 bits per heavy atom.